The lowest BCUT2D eigenvalue weighted by Crippen LogP contribution is -2.01. The zero-order valence-corrected chi connectivity index (χ0v) is 7.68. The average molecular weight is 189 g/mol. The van der Waals surface area contributed by atoms with Gasteiger partial charge >= 0.3 is 5.97 Å². The molecule has 0 atom stereocenters. The van der Waals surface area contributed by atoms with Crippen LogP contribution in [0.1, 0.15) is 16.2 Å². The van der Waals surface area contributed by atoms with Crippen LogP contribution in [0.3, 0.4) is 0 Å². The number of carbonyl (C=O) groups is 1. The molecule has 1 heterocycles. The average Bonchev–Trinajstić information content (AvgIpc) is 2.19. The molecular weight excluding hydrogens is 178 g/mol. The predicted octanol–water partition coefficient (Wildman–Crippen LogP) is 2.06. The van der Waals surface area contributed by atoms with E-state index in [-0.39, 0.29) is 5.69 Å². The molecule has 0 aliphatic heterocycles. The maximum atomic E-state index is 10.6. The number of pyridine rings is 1. The van der Waals surface area contributed by atoms with Crippen molar-refractivity contribution in [1.82, 2.24) is 4.98 Å². The molecule has 1 aromatic heterocycles. The van der Waals surface area contributed by atoms with Gasteiger partial charge in [-0.05, 0) is 12.1 Å². The SMILES string of the molecule is C=C/C=C\Cc1cccc(C(=O)O)n1. The molecule has 0 spiro atoms. The number of aromatic nitrogens is 1. The highest BCUT2D eigenvalue weighted by molar-refractivity contribution is 5.85. The van der Waals surface area contributed by atoms with Gasteiger partial charge in [-0.1, -0.05) is 30.9 Å². The highest BCUT2D eigenvalue weighted by Crippen LogP contribution is 2.01. The van der Waals surface area contributed by atoms with Crippen molar-refractivity contribution in [3.63, 3.8) is 0 Å². The van der Waals surface area contributed by atoms with Gasteiger partial charge in [0.25, 0.3) is 0 Å². The summed E-state index contributed by atoms with van der Waals surface area (Å²) in [5, 5.41) is 8.68. The molecule has 0 saturated heterocycles. The molecule has 1 aromatic rings. The molecule has 1 N–H and O–H groups in total. The summed E-state index contributed by atoms with van der Waals surface area (Å²) in [6, 6.07) is 4.95. The second-order valence-corrected chi connectivity index (χ2v) is 2.69. The monoisotopic (exact) mass is 189 g/mol. The maximum Gasteiger partial charge on any atom is 0.354 e. The fraction of sp³-hybridized carbons (Fsp3) is 0.0909. The number of nitrogens with zero attached hydrogens (tertiary/aromatic N) is 1. The number of carboxylic acids is 1. The second-order valence-electron chi connectivity index (χ2n) is 2.69. The van der Waals surface area contributed by atoms with Gasteiger partial charge in [0.15, 0.2) is 0 Å². The van der Waals surface area contributed by atoms with Crippen molar-refractivity contribution in [1.29, 1.82) is 0 Å². The lowest BCUT2D eigenvalue weighted by Gasteiger charge is -1.97. The minimum atomic E-state index is -1.00. The molecule has 0 fully saturated rings. The zero-order chi connectivity index (χ0) is 10.4. The molecule has 72 valence electrons. The van der Waals surface area contributed by atoms with Crippen LogP contribution in [0.5, 0.6) is 0 Å². The molecule has 0 amide bonds. The Balaban J connectivity index is 2.78. The Morgan fingerprint density at radius 1 is 1.57 bits per heavy atom. The number of hydrogen-bond acceptors (Lipinski definition) is 2. The molecule has 0 aromatic carbocycles. The summed E-state index contributed by atoms with van der Waals surface area (Å²) in [5.74, 6) is -1.00. The van der Waals surface area contributed by atoms with E-state index in [1.54, 1.807) is 24.3 Å². The van der Waals surface area contributed by atoms with Crippen LogP contribution in [0.2, 0.25) is 0 Å². The summed E-state index contributed by atoms with van der Waals surface area (Å²) in [7, 11) is 0. The van der Waals surface area contributed by atoms with Crippen LogP contribution in [0.25, 0.3) is 0 Å². The van der Waals surface area contributed by atoms with Crippen LogP contribution in [-0.4, -0.2) is 16.1 Å². The van der Waals surface area contributed by atoms with E-state index in [0.29, 0.717) is 6.42 Å². The largest absolute Gasteiger partial charge is 0.477 e. The van der Waals surface area contributed by atoms with Gasteiger partial charge in [0.05, 0.1) is 0 Å². The smallest absolute Gasteiger partial charge is 0.354 e. The topological polar surface area (TPSA) is 50.2 Å². The van der Waals surface area contributed by atoms with Crippen LogP contribution in [0.15, 0.2) is 43.0 Å². The Labute approximate surface area is 82.4 Å². The van der Waals surface area contributed by atoms with Gasteiger partial charge in [0.1, 0.15) is 5.69 Å². The Bertz CT molecular complexity index is 369. The van der Waals surface area contributed by atoms with Gasteiger partial charge in [0.2, 0.25) is 0 Å². The summed E-state index contributed by atoms with van der Waals surface area (Å²) in [4.78, 5) is 14.5. The molecule has 0 aliphatic carbocycles. The summed E-state index contributed by atoms with van der Waals surface area (Å²) >= 11 is 0. The van der Waals surface area contributed by atoms with Crippen molar-refractivity contribution >= 4 is 5.97 Å². The van der Waals surface area contributed by atoms with Gasteiger partial charge in [0, 0.05) is 12.1 Å². The lowest BCUT2D eigenvalue weighted by atomic mass is 10.2. The van der Waals surface area contributed by atoms with Crippen molar-refractivity contribution < 1.29 is 9.90 Å². The third kappa shape index (κ3) is 2.86. The van der Waals surface area contributed by atoms with Gasteiger partial charge in [-0.3, -0.25) is 0 Å². The van der Waals surface area contributed by atoms with E-state index < -0.39 is 5.97 Å². The highest BCUT2D eigenvalue weighted by Gasteiger charge is 2.03. The van der Waals surface area contributed by atoms with Crippen molar-refractivity contribution in [2.45, 2.75) is 6.42 Å². The van der Waals surface area contributed by atoms with Gasteiger partial charge in [-0.15, -0.1) is 0 Å². The first-order valence-electron chi connectivity index (χ1n) is 4.21. The quantitative estimate of drug-likeness (QED) is 0.737. The van der Waals surface area contributed by atoms with Crippen molar-refractivity contribution in [2.75, 3.05) is 0 Å². The second kappa shape index (κ2) is 4.97. The van der Waals surface area contributed by atoms with E-state index in [9.17, 15) is 4.79 Å². The summed E-state index contributed by atoms with van der Waals surface area (Å²) in [6.07, 6.45) is 5.96. The number of rotatable bonds is 4. The normalized spacial score (nSPS) is 10.3. The van der Waals surface area contributed by atoms with Gasteiger partial charge < -0.3 is 5.11 Å². The summed E-state index contributed by atoms with van der Waals surface area (Å²) < 4.78 is 0. The molecule has 0 unspecified atom stereocenters. The molecule has 3 nitrogen and oxygen atoms in total. The third-order valence-corrected chi connectivity index (χ3v) is 1.63. The van der Waals surface area contributed by atoms with E-state index >= 15 is 0 Å². The minimum Gasteiger partial charge on any atom is -0.477 e. The van der Waals surface area contributed by atoms with Gasteiger partial charge in [-0.2, -0.15) is 0 Å². The molecule has 0 radical (unpaired) electrons. The molecule has 14 heavy (non-hydrogen) atoms. The van der Waals surface area contributed by atoms with Crippen LogP contribution < -0.4 is 0 Å². The first-order chi connectivity index (χ1) is 6.74. The molecule has 1 rings (SSSR count). The fourth-order valence-electron chi connectivity index (χ4n) is 0.997. The van der Waals surface area contributed by atoms with Gasteiger partial charge in [-0.25, -0.2) is 9.78 Å². The minimum absolute atomic E-state index is 0.0782. The lowest BCUT2D eigenvalue weighted by molar-refractivity contribution is 0.0690. The first kappa shape index (κ1) is 10.2. The van der Waals surface area contributed by atoms with Crippen LogP contribution in [-0.2, 0) is 6.42 Å². The van der Waals surface area contributed by atoms with Crippen molar-refractivity contribution in [3.05, 3.63) is 54.4 Å². The standard InChI is InChI=1S/C11H11NO2/c1-2-3-4-6-9-7-5-8-10(12-9)11(13)14/h2-5,7-8H,1,6H2,(H,13,14)/b4-3-. The first-order valence-corrected chi connectivity index (χ1v) is 4.21. The van der Waals surface area contributed by atoms with E-state index in [1.807, 2.05) is 6.08 Å². The van der Waals surface area contributed by atoms with Crippen LogP contribution in [0.4, 0.5) is 0 Å². The van der Waals surface area contributed by atoms with E-state index in [4.69, 9.17) is 5.11 Å². The molecule has 0 bridgehead atoms. The highest BCUT2D eigenvalue weighted by atomic mass is 16.4. The molecular formula is C11H11NO2. The van der Waals surface area contributed by atoms with Crippen LogP contribution in [0, 0.1) is 0 Å². The number of aromatic carboxylic acids is 1. The summed E-state index contributed by atoms with van der Waals surface area (Å²) in [6.45, 7) is 3.54. The molecule has 3 heteroatoms. The Kier molecular flexibility index (Phi) is 3.61. The third-order valence-electron chi connectivity index (χ3n) is 1.63. The Morgan fingerprint density at radius 3 is 3.00 bits per heavy atom. The fourth-order valence-corrected chi connectivity index (χ4v) is 0.997. The Hall–Kier alpha value is -1.90. The van der Waals surface area contributed by atoms with Crippen LogP contribution >= 0.6 is 0 Å². The predicted molar refractivity (Wildman–Crippen MR) is 54.2 cm³/mol. The van der Waals surface area contributed by atoms with E-state index in [0.717, 1.165) is 5.69 Å². The number of carboxylic acid groups (broad SMARTS) is 1. The molecule has 0 aliphatic rings. The van der Waals surface area contributed by atoms with E-state index in [2.05, 4.69) is 11.6 Å². The van der Waals surface area contributed by atoms with E-state index in [1.165, 1.54) is 6.07 Å². The summed E-state index contributed by atoms with van der Waals surface area (Å²) in [5.41, 5.74) is 0.817. The van der Waals surface area contributed by atoms with Crippen molar-refractivity contribution in [3.8, 4) is 0 Å². The molecule has 0 saturated carbocycles. The number of allylic oxidation sites excluding steroid dienone is 3. The zero-order valence-electron chi connectivity index (χ0n) is 7.68. The maximum absolute atomic E-state index is 10.6. The Morgan fingerprint density at radius 2 is 2.36 bits per heavy atom. The van der Waals surface area contributed by atoms with Crippen molar-refractivity contribution in [2.24, 2.45) is 0 Å². The number of hydrogen-bond donors (Lipinski definition) is 1.